The van der Waals surface area contributed by atoms with E-state index in [1.807, 2.05) is 91.0 Å². The lowest BCUT2D eigenvalue weighted by Gasteiger charge is -1.95. The summed E-state index contributed by atoms with van der Waals surface area (Å²) in [4.78, 5) is 32.3. The van der Waals surface area contributed by atoms with E-state index in [-0.39, 0.29) is 17.5 Å². The number of aliphatic imine (C=N–C) groups is 1. The van der Waals surface area contributed by atoms with E-state index in [2.05, 4.69) is 102 Å². The molecule has 0 bridgehead atoms. The van der Waals surface area contributed by atoms with Gasteiger partial charge in [0.05, 0.1) is 37.8 Å². The third-order valence-electron chi connectivity index (χ3n) is 8.02. The van der Waals surface area contributed by atoms with Crippen LogP contribution in [0.1, 0.15) is 0 Å². The predicted octanol–water partition coefficient (Wildman–Crippen LogP) is 10.0. The number of carbonyl (C=O) groups is 1. The lowest BCUT2D eigenvalue weighted by atomic mass is 10.3. The number of fused-ring (bicyclic) bond motifs is 4. The van der Waals surface area contributed by atoms with E-state index in [4.69, 9.17) is 113 Å². The zero-order valence-corrected chi connectivity index (χ0v) is 47.8. The molecular weight excluding hydrogens is 1210 g/mol. The molecular formula is C39H38N16O6S13. The molecule has 8 heterocycles. The van der Waals surface area contributed by atoms with Crippen LogP contribution < -0.4 is 16.4 Å². The van der Waals surface area contributed by atoms with Crippen LogP contribution in [-0.4, -0.2) is 118 Å². The van der Waals surface area contributed by atoms with Crippen LogP contribution in [0, 0.1) is 31.0 Å². The molecule has 2 aliphatic heterocycles. The van der Waals surface area contributed by atoms with Gasteiger partial charge in [0.15, 0.2) is 32.1 Å². The van der Waals surface area contributed by atoms with Gasteiger partial charge < -0.3 is 55.8 Å². The van der Waals surface area contributed by atoms with E-state index in [1.54, 1.807) is 29.3 Å². The number of H-pyrrole nitrogens is 9. The van der Waals surface area contributed by atoms with E-state index >= 15 is 0 Å². The van der Waals surface area contributed by atoms with Gasteiger partial charge >= 0.3 is 16.6 Å². The molecule has 388 valence electrons. The molecule has 12 rings (SSSR count). The molecule has 1 fully saturated rings. The van der Waals surface area contributed by atoms with Crippen molar-refractivity contribution in [2.75, 3.05) is 12.3 Å². The zero-order valence-electron chi connectivity index (χ0n) is 37.2. The summed E-state index contributed by atoms with van der Waals surface area (Å²) in [7, 11) is -3.11. The molecule has 1 saturated heterocycles. The number of thiazole rings is 1. The van der Waals surface area contributed by atoms with Crippen molar-refractivity contribution in [2.45, 2.75) is 12.7 Å². The fraction of sp³-hybridized carbons (Fsp3) is 0.103. The molecule has 2 aliphatic rings. The SMILES string of the molecule is NC1C=NC(=S)N1.O=C(O)Cn1[nH]nnc1=S.O=S(=O)=O.S=C1NCCS1.S=c1[nH][nH]c(=S)s1.S=c1[nH]c2ccccc2[nH]1.S=c1[nH]c2ccccc2[nH]1.S=c1[nH]c2ccccc2o1.S=c1[nH]c2ccccc2s1. The minimum absolute atomic E-state index is 0.141. The maximum Gasteiger partial charge on any atom is 0.425 e. The molecule has 0 aliphatic carbocycles. The van der Waals surface area contributed by atoms with Crippen molar-refractivity contribution in [3.05, 3.63) is 128 Å². The summed E-state index contributed by atoms with van der Waals surface area (Å²) in [6.45, 7) is 0.829. The number of thiocarbonyl (C=S) groups is 2. The summed E-state index contributed by atoms with van der Waals surface area (Å²) in [5.41, 5.74) is 12.4. The average Bonchev–Trinajstić information content (AvgIpc) is 4.23. The van der Waals surface area contributed by atoms with Crippen LogP contribution in [0.3, 0.4) is 0 Å². The van der Waals surface area contributed by atoms with E-state index < -0.39 is 16.6 Å². The molecule has 10 aromatic rings. The highest BCUT2D eigenvalue weighted by Crippen LogP contribution is 2.18. The number of carboxylic acids is 1. The van der Waals surface area contributed by atoms with Gasteiger partial charge in [-0.25, -0.2) is 9.67 Å². The van der Waals surface area contributed by atoms with Crippen molar-refractivity contribution in [1.29, 1.82) is 0 Å². The van der Waals surface area contributed by atoms with Gasteiger partial charge in [-0.05, 0) is 146 Å². The fourth-order valence-electron chi connectivity index (χ4n) is 5.15. The number of nitrogens with zero attached hydrogens (tertiary/aromatic N) is 4. The number of oxazole rings is 1. The molecule has 1 unspecified atom stereocenters. The number of tetrazole rings is 1. The van der Waals surface area contributed by atoms with Crippen LogP contribution in [0.25, 0.3) is 43.4 Å². The van der Waals surface area contributed by atoms with Crippen molar-refractivity contribution in [3.63, 3.8) is 0 Å². The number of nitrogens with one attached hydrogen (secondary N) is 11. The van der Waals surface area contributed by atoms with Gasteiger partial charge in [0.1, 0.15) is 17.0 Å². The molecule has 22 nitrogen and oxygen atoms in total. The highest BCUT2D eigenvalue weighted by atomic mass is 32.2. The summed E-state index contributed by atoms with van der Waals surface area (Å²) in [6, 6.07) is 31.6. The van der Waals surface area contributed by atoms with Gasteiger partial charge in [0.2, 0.25) is 4.77 Å². The van der Waals surface area contributed by atoms with Crippen LogP contribution in [0.4, 0.5) is 0 Å². The summed E-state index contributed by atoms with van der Waals surface area (Å²) < 4.78 is 37.5. The van der Waals surface area contributed by atoms with Crippen molar-refractivity contribution in [2.24, 2.45) is 10.7 Å². The number of aliphatic carboxylic acids is 1. The van der Waals surface area contributed by atoms with Gasteiger partial charge in [-0.3, -0.25) is 15.0 Å². The highest BCUT2D eigenvalue weighted by Gasteiger charge is 2.05. The Labute approximate surface area is 477 Å². The van der Waals surface area contributed by atoms with Crippen molar-refractivity contribution < 1.29 is 26.9 Å². The second kappa shape index (κ2) is 32.5. The number of nitrogens with two attached hydrogens (primary N) is 1. The standard InChI is InChI=1S/2C7H6N2S.C7H5NOS.C7H5NS2.C3H4N4O2S.C3H5N3S.C3H5NS2.C2H2N2S3.O3S/c3*10-7-8-5-3-1-2-4-6(5)9-7;9-7-8-5-3-1-2-4-6(5)10-7;8-2(9)1-7-3(10)4-5-6-7;4-2-1-5-3(7)6-2;5-3-4-1-2-6-3;5-1-3-4-2(6)7-1;1-4(2)3/h2*1-4H,(H2,8,9,10);1-4H,(H,8,10);1-4H,(H,8,9);1H2,(H,8,9)(H,4,6,10);1-2H,4H2,(H,6,7);1-2H2,(H,4,5);(H,3,5)(H,4,6);. The second-order valence-corrected chi connectivity index (χ2v) is 21.5. The molecule has 0 saturated carbocycles. The third-order valence-corrected chi connectivity index (χ3v) is 13.0. The largest absolute Gasteiger partial charge is 0.480 e. The first-order chi connectivity index (χ1) is 35.3. The Balaban J connectivity index is 0.000000182. The summed E-state index contributed by atoms with van der Waals surface area (Å²) in [5, 5.41) is 28.8. The number of hydrogen-bond donors (Lipinski definition) is 13. The number of aromatic nitrogens is 12. The van der Waals surface area contributed by atoms with Crippen LogP contribution in [0.2, 0.25) is 0 Å². The molecule has 1 atom stereocenters. The van der Waals surface area contributed by atoms with Crippen LogP contribution in [-0.2, 0) is 21.9 Å². The molecule has 0 amide bonds. The van der Waals surface area contributed by atoms with Crippen LogP contribution in [0.15, 0.2) is 106 Å². The summed E-state index contributed by atoms with van der Waals surface area (Å²) >= 11 is 47.6. The predicted molar refractivity (Wildman–Crippen MR) is 318 cm³/mol. The molecule has 4 aromatic carbocycles. The number of benzene rings is 4. The number of hydrogen-bond acceptors (Lipinski definition) is 20. The molecule has 0 radical (unpaired) electrons. The zero-order chi connectivity index (χ0) is 54.0. The summed E-state index contributed by atoms with van der Waals surface area (Å²) in [6.07, 6.45) is 1.41. The van der Waals surface area contributed by atoms with E-state index in [0.717, 1.165) is 63.9 Å². The van der Waals surface area contributed by atoms with Gasteiger partial charge in [-0.1, -0.05) is 94.2 Å². The highest BCUT2D eigenvalue weighted by molar-refractivity contribution is 8.23. The first-order valence-electron chi connectivity index (χ1n) is 20.1. The normalized spacial score (nSPS) is 12.5. The number of imidazole rings is 2. The van der Waals surface area contributed by atoms with E-state index in [1.165, 1.54) is 16.0 Å². The molecule has 14 N–H and O–H groups in total. The van der Waals surface area contributed by atoms with Crippen LogP contribution >= 0.6 is 144 Å². The Kier molecular flexibility index (Phi) is 26.7. The molecule has 6 aromatic heterocycles. The minimum atomic E-state index is -3.11. The van der Waals surface area contributed by atoms with Gasteiger partial charge in [0.25, 0.3) is 4.84 Å². The van der Waals surface area contributed by atoms with E-state index in [9.17, 15) is 4.79 Å². The lowest BCUT2D eigenvalue weighted by molar-refractivity contribution is -0.137. The van der Waals surface area contributed by atoms with Crippen molar-refractivity contribution in [3.8, 4) is 0 Å². The minimum Gasteiger partial charge on any atom is -0.480 e. The Bertz CT molecular complexity index is 3480. The average molecular weight is 1240 g/mol. The lowest BCUT2D eigenvalue weighted by Crippen LogP contribution is -2.35. The fourth-order valence-corrected chi connectivity index (χ4v) is 9.32. The Morgan fingerprint density at radius 1 is 0.689 bits per heavy atom. The number of aromatic amines is 9. The summed E-state index contributed by atoms with van der Waals surface area (Å²) in [5.74, 6) is 0.167. The van der Waals surface area contributed by atoms with Gasteiger partial charge in [0, 0.05) is 18.5 Å². The van der Waals surface area contributed by atoms with Crippen LogP contribution in [0.5, 0.6) is 0 Å². The first-order valence-corrected chi connectivity index (χ1v) is 27.4. The smallest absolute Gasteiger partial charge is 0.425 e. The number of rotatable bonds is 2. The van der Waals surface area contributed by atoms with E-state index in [0.29, 0.717) is 27.4 Å². The molecule has 74 heavy (non-hydrogen) atoms. The van der Waals surface area contributed by atoms with Gasteiger partial charge in [-0.2, -0.15) is 5.21 Å². The third kappa shape index (κ3) is 23.6. The molecule has 35 heteroatoms. The van der Waals surface area contributed by atoms with Gasteiger partial charge in [-0.15, -0.1) is 24.0 Å². The Morgan fingerprint density at radius 2 is 1.19 bits per heavy atom. The topological polar surface area (TPSA) is 337 Å². The maximum atomic E-state index is 10.1. The molecule has 0 spiro atoms. The number of thioether (sulfide) groups is 1. The monoisotopic (exact) mass is 1240 g/mol. The number of carboxylic acid groups (broad SMARTS) is 1. The van der Waals surface area contributed by atoms with Crippen molar-refractivity contribution >= 4 is 220 Å². The first kappa shape index (κ1) is 60.8. The van der Waals surface area contributed by atoms with Crippen molar-refractivity contribution in [1.82, 2.24) is 70.9 Å². The quantitative estimate of drug-likeness (QED) is 0.0716. The Morgan fingerprint density at radius 3 is 1.54 bits per heavy atom. The maximum absolute atomic E-state index is 10.1. The Hall–Kier alpha value is -5.80. The second-order valence-electron chi connectivity index (χ2n) is 13.3. The number of para-hydroxylation sites is 7.